The first-order valence-corrected chi connectivity index (χ1v) is 7.87. The summed E-state index contributed by atoms with van der Waals surface area (Å²) in [4.78, 5) is 13.8. The Balaban J connectivity index is 2.16. The highest BCUT2D eigenvalue weighted by molar-refractivity contribution is 9.11. The predicted octanol–water partition coefficient (Wildman–Crippen LogP) is 4.68. The number of thiophene rings is 1. The third kappa shape index (κ3) is 3.64. The van der Waals surface area contributed by atoms with Crippen molar-refractivity contribution in [3.8, 4) is 0 Å². The molecule has 0 bridgehead atoms. The van der Waals surface area contributed by atoms with Crippen LogP contribution in [0.3, 0.4) is 0 Å². The van der Waals surface area contributed by atoms with E-state index >= 15 is 0 Å². The van der Waals surface area contributed by atoms with Crippen molar-refractivity contribution in [2.45, 2.75) is 6.54 Å². The molecule has 0 saturated heterocycles. The van der Waals surface area contributed by atoms with E-state index in [-0.39, 0.29) is 5.91 Å². The smallest absolute Gasteiger partial charge is 0.255 e. The van der Waals surface area contributed by atoms with Gasteiger partial charge in [0.05, 0.1) is 9.35 Å². The van der Waals surface area contributed by atoms with Crippen LogP contribution >= 0.6 is 43.2 Å². The highest BCUT2D eigenvalue weighted by Gasteiger charge is 2.16. The second-order valence-electron chi connectivity index (χ2n) is 4.04. The van der Waals surface area contributed by atoms with E-state index in [4.69, 9.17) is 0 Å². The van der Waals surface area contributed by atoms with Gasteiger partial charge in [-0.05, 0) is 67.1 Å². The fourth-order valence-corrected chi connectivity index (χ4v) is 3.26. The number of carbonyl (C=O) groups excluding carboxylic acids is 1. The molecule has 0 spiro atoms. The molecular weight excluding hydrogens is 397 g/mol. The van der Waals surface area contributed by atoms with Crippen LogP contribution in [0.4, 0.5) is 4.39 Å². The highest BCUT2D eigenvalue weighted by atomic mass is 79.9. The monoisotopic (exact) mass is 405 g/mol. The van der Waals surface area contributed by atoms with Gasteiger partial charge in [0.15, 0.2) is 0 Å². The van der Waals surface area contributed by atoms with Crippen molar-refractivity contribution in [3.63, 3.8) is 0 Å². The molecule has 1 aromatic carbocycles. The Hall–Kier alpha value is -0.720. The Morgan fingerprint density at radius 1 is 1.37 bits per heavy atom. The maximum atomic E-state index is 13.2. The summed E-state index contributed by atoms with van der Waals surface area (Å²) >= 11 is 8.22. The van der Waals surface area contributed by atoms with Crippen molar-refractivity contribution in [1.82, 2.24) is 4.90 Å². The van der Waals surface area contributed by atoms with E-state index in [0.717, 1.165) is 9.35 Å². The molecule has 19 heavy (non-hydrogen) atoms. The molecule has 1 amide bonds. The number of nitrogens with zero attached hydrogens (tertiary/aromatic N) is 1. The first kappa shape index (κ1) is 14.7. The number of hydrogen-bond donors (Lipinski definition) is 0. The van der Waals surface area contributed by atoms with E-state index in [2.05, 4.69) is 31.9 Å². The third-order valence-corrected chi connectivity index (χ3v) is 4.79. The zero-order valence-corrected chi connectivity index (χ0v) is 14.0. The zero-order valence-electron chi connectivity index (χ0n) is 9.99. The maximum absolute atomic E-state index is 13.2. The molecule has 2 rings (SSSR count). The molecule has 6 heteroatoms. The van der Waals surface area contributed by atoms with Crippen molar-refractivity contribution >= 4 is 49.1 Å². The third-order valence-electron chi connectivity index (χ3n) is 2.55. The highest BCUT2D eigenvalue weighted by Crippen LogP contribution is 2.23. The molecule has 0 saturated carbocycles. The van der Waals surface area contributed by atoms with E-state index in [9.17, 15) is 9.18 Å². The van der Waals surface area contributed by atoms with Gasteiger partial charge in [-0.2, -0.15) is 0 Å². The van der Waals surface area contributed by atoms with Crippen molar-refractivity contribution < 1.29 is 9.18 Å². The van der Waals surface area contributed by atoms with Crippen LogP contribution in [-0.2, 0) is 6.54 Å². The van der Waals surface area contributed by atoms with Crippen molar-refractivity contribution in [1.29, 1.82) is 0 Å². The van der Waals surface area contributed by atoms with Gasteiger partial charge in [0.2, 0.25) is 0 Å². The van der Waals surface area contributed by atoms with Crippen LogP contribution in [-0.4, -0.2) is 17.9 Å². The Bertz CT molecular complexity index is 614. The van der Waals surface area contributed by atoms with Crippen LogP contribution in [0.1, 0.15) is 15.9 Å². The molecule has 0 unspecified atom stereocenters. The fraction of sp³-hybridized carbons (Fsp3) is 0.154. The van der Waals surface area contributed by atoms with E-state index in [0.29, 0.717) is 16.6 Å². The maximum Gasteiger partial charge on any atom is 0.255 e. The van der Waals surface area contributed by atoms with Crippen LogP contribution in [0.25, 0.3) is 0 Å². The summed E-state index contributed by atoms with van der Waals surface area (Å²) < 4.78 is 14.8. The molecule has 0 aliphatic rings. The molecule has 0 aliphatic heterocycles. The second-order valence-corrected chi connectivity index (χ2v) is 7.19. The molecule has 0 fully saturated rings. The van der Waals surface area contributed by atoms with E-state index < -0.39 is 5.82 Å². The number of halogens is 3. The number of amides is 1. The minimum atomic E-state index is -0.418. The first-order chi connectivity index (χ1) is 8.97. The molecule has 0 aliphatic carbocycles. The molecule has 2 nitrogen and oxygen atoms in total. The zero-order chi connectivity index (χ0) is 14.0. The van der Waals surface area contributed by atoms with E-state index in [1.165, 1.54) is 18.2 Å². The lowest BCUT2D eigenvalue weighted by Gasteiger charge is -2.17. The van der Waals surface area contributed by atoms with Gasteiger partial charge in [-0.3, -0.25) is 4.79 Å². The molecule has 100 valence electrons. The molecule has 1 heterocycles. The SMILES string of the molecule is CN(Cc1csc(Br)c1)C(=O)c1cc(F)ccc1Br. The average molecular weight is 407 g/mol. The van der Waals surface area contributed by atoms with Crippen LogP contribution in [0.2, 0.25) is 0 Å². The van der Waals surface area contributed by atoms with Gasteiger partial charge in [0.1, 0.15) is 5.82 Å². The molecule has 1 aromatic heterocycles. The number of carbonyl (C=O) groups is 1. The lowest BCUT2D eigenvalue weighted by atomic mass is 10.2. The van der Waals surface area contributed by atoms with Crippen LogP contribution in [0, 0.1) is 5.82 Å². The van der Waals surface area contributed by atoms with Gasteiger partial charge in [-0.1, -0.05) is 0 Å². The lowest BCUT2D eigenvalue weighted by molar-refractivity contribution is 0.0784. The predicted molar refractivity (Wildman–Crippen MR) is 81.9 cm³/mol. The average Bonchev–Trinajstić information content (AvgIpc) is 2.77. The molecule has 0 atom stereocenters. The van der Waals surface area contributed by atoms with Crippen LogP contribution in [0.15, 0.2) is 37.9 Å². The molecular formula is C13H10Br2FNOS. The second kappa shape index (κ2) is 6.15. The standard InChI is InChI=1S/C13H10Br2FNOS/c1-17(6-8-4-12(15)19-7-8)13(18)10-5-9(16)2-3-11(10)14/h2-5,7H,6H2,1H3. The Labute approximate surface area is 131 Å². The topological polar surface area (TPSA) is 20.3 Å². The largest absolute Gasteiger partial charge is 0.337 e. The van der Waals surface area contributed by atoms with Gasteiger partial charge >= 0.3 is 0 Å². The van der Waals surface area contributed by atoms with Gasteiger partial charge in [0, 0.05) is 18.1 Å². The van der Waals surface area contributed by atoms with Gasteiger partial charge < -0.3 is 4.90 Å². The van der Waals surface area contributed by atoms with Gasteiger partial charge in [-0.15, -0.1) is 11.3 Å². The summed E-state index contributed by atoms with van der Waals surface area (Å²) in [7, 11) is 1.70. The number of benzene rings is 1. The summed E-state index contributed by atoms with van der Waals surface area (Å²) in [6.07, 6.45) is 0. The van der Waals surface area contributed by atoms with Crippen molar-refractivity contribution in [2.75, 3.05) is 7.05 Å². The lowest BCUT2D eigenvalue weighted by Crippen LogP contribution is -2.26. The van der Waals surface area contributed by atoms with Crippen LogP contribution in [0.5, 0.6) is 0 Å². The van der Waals surface area contributed by atoms with Crippen molar-refractivity contribution in [2.24, 2.45) is 0 Å². The number of hydrogen-bond acceptors (Lipinski definition) is 2. The molecule has 2 aromatic rings. The molecule has 0 radical (unpaired) electrons. The fourth-order valence-electron chi connectivity index (χ4n) is 1.64. The number of rotatable bonds is 3. The minimum Gasteiger partial charge on any atom is -0.337 e. The van der Waals surface area contributed by atoms with Crippen LogP contribution < -0.4 is 0 Å². The van der Waals surface area contributed by atoms with E-state index in [1.54, 1.807) is 23.3 Å². The summed E-state index contributed by atoms with van der Waals surface area (Å²) in [5.41, 5.74) is 1.37. The Morgan fingerprint density at radius 2 is 2.11 bits per heavy atom. The quantitative estimate of drug-likeness (QED) is 0.724. The molecule has 0 N–H and O–H groups in total. The Morgan fingerprint density at radius 3 is 2.74 bits per heavy atom. The van der Waals surface area contributed by atoms with E-state index in [1.807, 2.05) is 11.4 Å². The normalized spacial score (nSPS) is 10.5. The van der Waals surface area contributed by atoms with Gasteiger partial charge in [-0.25, -0.2) is 4.39 Å². The van der Waals surface area contributed by atoms with Crippen molar-refractivity contribution in [3.05, 3.63) is 54.8 Å². The summed E-state index contributed by atoms with van der Waals surface area (Å²) in [5, 5.41) is 1.98. The Kier molecular flexibility index (Phi) is 4.76. The minimum absolute atomic E-state index is 0.214. The van der Waals surface area contributed by atoms with Gasteiger partial charge in [0.25, 0.3) is 5.91 Å². The summed E-state index contributed by atoms with van der Waals surface area (Å²) in [6.45, 7) is 0.490. The summed E-state index contributed by atoms with van der Waals surface area (Å²) in [5.74, 6) is -0.632. The summed E-state index contributed by atoms with van der Waals surface area (Å²) in [6, 6.07) is 6.07. The first-order valence-electron chi connectivity index (χ1n) is 5.41.